The smallest absolute Gasteiger partial charge is 0.264 e. The Bertz CT molecular complexity index is 1130. The number of rotatable bonds is 7. The van der Waals surface area contributed by atoms with Crippen molar-refractivity contribution in [2.75, 3.05) is 11.4 Å². The molecular formula is C26H22BrNO3. The number of amides is 1. The van der Waals surface area contributed by atoms with Crippen LogP contribution in [-0.4, -0.2) is 23.3 Å². The molecular weight excluding hydrogens is 454 g/mol. The minimum absolute atomic E-state index is 0.305. The Morgan fingerprint density at radius 2 is 1.68 bits per heavy atom. The normalized spacial score (nSPS) is 17.9. The molecule has 4 nitrogen and oxygen atoms in total. The molecule has 1 amide bonds. The molecule has 1 aliphatic rings. The van der Waals surface area contributed by atoms with Crippen molar-refractivity contribution in [3.8, 4) is 0 Å². The Morgan fingerprint density at radius 1 is 1.00 bits per heavy atom. The van der Waals surface area contributed by atoms with E-state index in [4.69, 9.17) is 0 Å². The predicted molar refractivity (Wildman–Crippen MR) is 126 cm³/mol. The van der Waals surface area contributed by atoms with E-state index in [9.17, 15) is 14.7 Å². The third kappa shape index (κ3) is 4.53. The van der Waals surface area contributed by atoms with Crippen LogP contribution in [0.1, 0.15) is 23.1 Å². The van der Waals surface area contributed by atoms with E-state index in [1.165, 1.54) is 6.08 Å². The molecule has 0 spiro atoms. The van der Waals surface area contributed by atoms with E-state index < -0.39 is 11.5 Å². The van der Waals surface area contributed by atoms with Gasteiger partial charge in [0.1, 0.15) is 0 Å². The largest absolute Gasteiger partial charge is 0.375 e. The molecule has 4 rings (SSSR count). The van der Waals surface area contributed by atoms with Crippen molar-refractivity contribution in [3.63, 3.8) is 0 Å². The van der Waals surface area contributed by atoms with Crippen LogP contribution in [0.2, 0.25) is 0 Å². The number of anilines is 1. The molecule has 1 heterocycles. The Morgan fingerprint density at radius 3 is 2.39 bits per heavy atom. The third-order valence-electron chi connectivity index (χ3n) is 5.45. The molecule has 0 bridgehead atoms. The number of benzene rings is 3. The number of carbonyl (C=O) groups excluding carboxylic acids is 2. The van der Waals surface area contributed by atoms with Crippen LogP contribution in [0.25, 0.3) is 6.08 Å². The first-order chi connectivity index (χ1) is 15.0. The zero-order valence-electron chi connectivity index (χ0n) is 16.9. The van der Waals surface area contributed by atoms with Gasteiger partial charge in [-0.05, 0) is 41.8 Å². The first kappa shape index (κ1) is 21.2. The summed E-state index contributed by atoms with van der Waals surface area (Å²) in [5.74, 6) is -0.770. The van der Waals surface area contributed by atoms with Gasteiger partial charge in [0.05, 0.1) is 12.1 Å². The fourth-order valence-electron chi connectivity index (χ4n) is 3.87. The van der Waals surface area contributed by atoms with Crippen molar-refractivity contribution in [2.45, 2.75) is 18.4 Å². The number of halogens is 1. The monoisotopic (exact) mass is 475 g/mol. The first-order valence-corrected chi connectivity index (χ1v) is 10.9. The zero-order chi connectivity index (χ0) is 21.8. The minimum Gasteiger partial charge on any atom is -0.375 e. The van der Waals surface area contributed by atoms with E-state index in [-0.39, 0.29) is 12.2 Å². The summed E-state index contributed by atoms with van der Waals surface area (Å²) < 4.78 is 0.745. The standard InChI is InChI=1S/C26H22BrNO3/c27-21-12-14-24-23(17-21)26(31,18-22(29)13-11-19-7-3-1-4-8-19)25(30)28(24)16-15-20-9-5-2-6-10-20/h1-14,17,31H,15-16,18H2/b13-11+. The lowest BCUT2D eigenvalue weighted by atomic mass is 9.89. The Kier molecular flexibility index (Phi) is 6.16. The van der Waals surface area contributed by atoms with Crippen LogP contribution < -0.4 is 4.90 Å². The van der Waals surface area contributed by atoms with E-state index in [0.29, 0.717) is 24.2 Å². The molecule has 0 saturated heterocycles. The summed E-state index contributed by atoms with van der Waals surface area (Å²) in [5, 5.41) is 11.4. The van der Waals surface area contributed by atoms with Gasteiger partial charge in [-0.3, -0.25) is 9.59 Å². The van der Waals surface area contributed by atoms with E-state index >= 15 is 0 Å². The number of hydrogen-bond acceptors (Lipinski definition) is 3. The molecule has 1 N–H and O–H groups in total. The van der Waals surface area contributed by atoms with Crippen molar-refractivity contribution < 1.29 is 14.7 Å². The molecule has 0 aromatic heterocycles. The van der Waals surface area contributed by atoms with Crippen molar-refractivity contribution in [1.82, 2.24) is 0 Å². The predicted octanol–water partition coefficient (Wildman–Crippen LogP) is 4.90. The molecule has 0 radical (unpaired) electrons. The Hall–Kier alpha value is -3.02. The first-order valence-electron chi connectivity index (χ1n) is 10.1. The van der Waals surface area contributed by atoms with Crippen molar-refractivity contribution >= 4 is 39.4 Å². The van der Waals surface area contributed by atoms with Gasteiger partial charge in [0.25, 0.3) is 5.91 Å². The lowest BCUT2D eigenvalue weighted by Gasteiger charge is -2.22. The van der Waals surface area contributed by atoms with Crippen molar-refractivity contribution in [2.24, 2.45) is 0 Å². The molecule has 3 aromatic carbocycles. The molecule has 156 valence electrons. The van der Waals surface area contributed by atoms with E-state index in [0.717, 1.165) is 15.6 Å². The number of aliphatic hydroxyl groups is 1. The summed E-state index contributed by atoms with van der Waals surface area (Å²) in [6.45, 7) is 0.424. The van der Waals surface area contributed by atoms with Gasteiger partial charge in [-0.1, -0.05) is 82.7 Å². The molecule has 1 unspecified atom stereocenters. The van der Waals surface area contributed by atoms with Gasteiger partial charge in [-0.25, -0.2) is 0 Å². The molecule has 3 aromatic rings. The van der Waals surface area contributed by atoms with Crippen LogP contribution >= 0.6 is 15.9 Å². The van der Waals surface area contributed by atoms with E-state index in [1.54, 1.807) is 17.0 Å². The van der Waals surface area contributed by atoms with Gasteiger partial charge in [-0.15, -0.1) is 0 Å². The lowest BCUT2D eigenvalue weighted by Crippen LogP contribution is -2.42. The Labute approximate surface area is 190 Å². The maximum atomic E-state index is 13.3. The van der Waals surface area contributed by atoms with Gasteiger partial charge >= 0.3 is 0 Å². The number of allylic oxidation sites excluding steroid dienone is 1. The second kappa shape index (κ2) is 9.00. The highest BCUT2D eigenvalue weighted by Crippen LogP contribution is 2.43. The van der Waals surface area contributed by atoms with Crippen molar-refractivity contribution in [3.05, 3.63) is 106 Å². The summed E-state index contributed by atoms with van der Waals surface area (Å²) in [5.41, 5.74) is 1.21. The maximum absolute atomic E-state index is 13.3. The highest BCUT2D eigenvalue weighted by molar-refractivity contribution is 9.10. The highest BCUT2D eigenvalue weighted by Gasteiger charge is 2.50. The second-order valence-electron chi connectivity index (χ2n) is 7.60. The van der Waals surface area contributed by atoms with E-state index in [2.05, 4.69) is 15.9 Å². The van der Waals surface area contributed by atoms with Crippen LogP contribution in [0.5, 0.6) is 0 Å². The molecule has 1 aliphatic heterocycles. The molecule has 0 aliphatic carbocycles. The average molecular weight is 476 g/mol. The summed E-state index contributed by atoms with van der Waals surface area (Å²) in [6, 6.07) is 24.7. The number of ketones is 1. The molecule has 0 fully saturated rings. The zero-order valence-corrected chi connectivity index (χ0v) is 18.5. The van der Waals surface area contributed by atoms with Gasteiger partial charge in [0, 0.05) is 16.6 Å². The summed E-state index contributed by atoms with van der Waals surface area (Å²) in [7, 11) is 0. The van der Waals surface area contributed by atoms with Gasteiger partial charge in [0.15, 0.2) is 11.4 Å². The lowest BCUT2D eigenvalue weighted by molar-refractivity contribution is -0.140. The molecule has 0 saturated carbocycles. The van der Waals surface area contributed by atoms with Gasteiger partial charge in [-0.2, -0.15) is 0 Å². The van der Waals surface area contributed by atoms with Crippen molar-refractivity contribution in [1.29, 1.82) is 0 Å². The average Bonchev–Trinajstić information content (AvgIpc) is 2.98. The van der Waals surface area contributed by atoms with Crippen LogP contribution in [0.3, 0.4) is 0 Å². The van der Waals surface area contributed by atoms with Crippen LogP contribution in [0, 0.1) is 0 Å². The number of fused-ring (bicyclic) bond motifs is 1. The minimum atomic E-state index is -1.88. The fraction of sp³-hybridized carbons (Fsp3) is 0.154. The highest BCUT2D eigenvalue weighted by atomic mass is 79.9. The molecule has 5 heteroatoms. The van der Waals surface area contributed by atoms with Crippen LogP contribution in [-0.2, 0) is 21.6 Å². The third-order valence-corrected chi connectivity index (χ3v) is 5.95. The van der Waals surface area contributed by atoms with Gasteiger partial charge in [0.2, 0.25) is 0 Å². The Balaban J connectivity index is 1.58. The topological polar surface area (TPSA) is 57.6 Å². The maximum Gasteiger partial charge on any atom is 0.264 e. The van der Waals surface area contributed by atoms with Crippen LogP contribution in [0.4, 0.5) is 5.69 Å². The number of hydrogen-bond donors (Lipinski definition) is 1. The summed E-state index contributed by atoms with van der Waals surface area (Å²) >= 11 is 3.42. The quantitative estimate of drug-likeness (QED) is 0.494. The molecule has 31 heavy (non-hydrogen) atoms. The summed E-state index contributed by atoms with van der Waals surface area (Å²) in [6.07, 6.45) is 3.46. The van der Waals surface area contributed by atoms with Gasteiger partial charge < -0.3 is 10.0 Å². The second-order valence-corrected chi connectivity index (χ2v) is 8.52. The number of carbonyl (C=O) groups is 2. The molecule has 1 atom stereocenters. The SMILES string of the molecule is O=C(/C=C/c1ccccc1)CC1(O)C(=O)N(CCc2ccccc2)c2ccc(Br)cc21. The summed E-state index contributed by atoms with van der Waals surface area (Å²) in [4.78, 5) is 27.6. The fourth-order valence-corrected chi connectivity index (χ4v) is 4.23. The van der Waals surface area contributed by atoms with Crippen LogP contribution in [0.15, 0.2) is 89.4 Å². The van der Waals surface area contributed by atoms with E-state index in [1.807, 2.05) is 72.8 Å². The number of nitrogens with zero attached hydrogens (tertiary/aromatic N) is 1.